The first-order valence-electron chi connectivity index (χ1n) is 10.8. The number of aliphatic hydroxyl groups is 1. The number of aromatic nitrogens is 2. The predicted molar refractivity (Wildman–Crippen MR) is 128 cm³/mol. The number of carbonyl (C=O) groups is 1. The van der Waals surface area contributed by atoms with Crippen molar-refractivity contribution < 1.29 is 37.4 Å². The van der Waals surface area contributed by atoms with Crippen LogP contribution >= 0.6 is 23.7 Å². The number of carbonyl (C=O) groups excluding carboxylic acids is 1. The van der Waals surface area contributed by atoms with Gasteiger partial charge >= 0.3 is 19.4 Å². The number of hydrogen-bond donors (Lipinski definition) is 3. The van der Waals surface area contributed by atoms with Crippen molar-refractivity contribution in [3.63, 3.8) is 0 Å². The van der Waals surface area contributed by atoms with Crippen molar-refractivity contribution >= 4 is 29.6 Å². The molecule has 0 spiro atoms. The zero-order valence-electron chi connectivity index (χ0n) is 19.5. The van der Waals surface area contributed by atoms with Crippen LogP contribution in [0.15, 0.2) is 52.2 Å². The van der Waals surface area contributed by atoms with Gasteiger partial charge in [-0.15, -0.1) is 0 Å². The van der Waals surface area contributed by atoms with Gasteiger partial charge in [-0.1, -0.05) is 18.2 Å². The number of aliphatic hydroxyl groups excluding tert-OH is 1. The summed E-state index contributed by atoms with van der Waals surface area (Å²) in [6.07, 6.45) is -4.46. The van der Waals surface area contributed by atoms with E-state index in [1.807, 2.05) is 4.98 Å². The van der Waals surface area contributed by atoms with Crippen LogP contribution in [0.5, 0.6) is 5.75 Å². The van der Waals surface area contributed by atoms with Crippen molar-refractivity contribution in [1.29, 1.82) is 0 Å². The Morgan fingerprint density at radius 2 is 1.97 bits per heavy atom. The molecule has 3 rings (SSSR count). The molecule has 0 bridgehead atoms. The minimum absolute atomic E-state index is 0.142. The van der Waals surface area contributed by atoms with Crippen LogP contribution in [0.4, 0.5) is 4.39 Å². The number of aromatic amines is 1. The van der Waals surface area contributed by atoms with Crippen LogP contribution in [0.2, 0.25) is 0 Å². The molecule has 1 saturated heterocycles. The van der Waals surface area contributed by atoms with Crippen molar-refractivity contribution in [1.82, 2.24) is 14.6 Å². The molecule has 1 aromatic heterocycles. The zero-order valence-corrected chi connectivity index (χ0v) is 22.0. The maximum absolute atomic E-state index is 15.3. The molecule has 198 valence electrons. The lowest BCUT2D eigenvalue weighted by Gasteiger charge is -2.25. The number of nitrogens with one attached hydrogen (secondary N) is 2. The molecular formula is C21H26BrFN3O9P. The normalized spacial score (nSPS) is 26.4. The summed E-state index contributed by atoms with van der Waals surface area (Å²) in [7, 11) is -4.32. The smallest absolute Gasteiger partial charge is 0.459 e. The van der Waals surface area contributed by atoms with E-state index in [0.717, 1.165) is 16.8 Å². The highest BCUT2D eigenvalue weighted by Gasteiger charge is 2.57. The summed E-state index contributed by atoms with van der Waals surface area (Å²) < 4.78 is 48.5. The van der Waals surface area contributed by atoms with Gasteiger partial charge in [0.25, 0.3) is 5.56 Å². The van der Waals surface area contributed by atoms with E-state index in [9.17, 15) is 24.1 Å². The second-order valence-corrected chi connectivity index (χ2v) is 11.1. The maximum atomic E-state index is 15.3. The van der Waals surface area contributed by atoms with Crippen molar-refractivity contribution in [3.05, 3.63) is 63.4 Å². The molecule has 1 aliphatic heterocycles. The molecule has 0 saturated carbocycles. The summed E-state index contributed by atoms with van der Waals surface area (Å²) in [6, 6.07) is 7.79. The van der Waals surface area contributed by atoms with Crippen molar-refractivity contribution in [3.8, 4) is 5.75 Å². The van der Waals surface area contributed by atoms with Crippen LogP contribution in [0.25, 0.3) is 0 Å². The van der Waals surface area contributed by atoms with E-state index in [1.54, 1.807) is 32.0 Å². The Labute approximate surface area is 213 Å². The second kappa shape index (κ2) is 11.4. The molecule has 0 aliphatic carbocycles. The number of benzene rings is 1. The third-order valence-electron chi connectivity index (χ3n) is 4.92. The van der Waals surface area contributed by atoms with E-state index in [1.165, 1.54) is 19.1 Å². The average Bonchev–Trinajstić information content (AvgIpc) is 3.01. The molecular weight excluding hydrogens is 568 g/mol. The third-order valence-corrected chi connectivity index (χ3v) is 7.42. The molecule has 15 heteroatoms. The van der Waals surface area contributed by atoms with E-state index in [2.05, 4.69) is 21.0 Å². The van der Waals surface area contributed by atoms with Crippen molar-refractivity contribution in [2.75, 3.05) is 6.61 Å². The largest absolute Gasteiger partial charge is 0.462 e. The summed E-state index contributed by atoms with van der Waals surface area (Å²) in [5.74, 6) is -0.577. The number of H-pyrrole nitrogens is 1. The van der Waals surface area contributed by atoms with Gasteiger partial charge in [0.2, 0.25) is 4.58 Å². The molecule has 0 amide bonds. The number of nitrogens with zero attached hydrogens (tertiary/aromatic N) is 1. The Kier molecular flexibility index (Phi) is 8.91. The summed E-state index contributed by atoms with van der Waals surface area (Å²) in [6.45, 7) is 4.01. The number of hydrogen-bond acceptors (Lipinski definition) is 9. The molecule has 1 fully saturated rings. The van der Waals surface area contributed by atoms with Crippen LogP contribution in [0, 0.1) is 0 Å². The number of para-hydroxylation sites is 1. The lowest BCUT2D eigenvalue weighted by Crippen LogP contribution is -2.41. The summed E-state index contributed by atoms with van der Waals surface area (Å²) in [5.41, 5.74) is -1.68. The Morgan fingerprint density at radius 3 is 2.58 bits per heavy atom. The number of alkyl halides is 2. The first-order chi connectivity index (χ1) is 16.8. The van der Waals surface area contributed by atoms with E-state index in [0.29, 0.717) is 0 Å². The minimum atomic E-state index is -4.32. The highest BCUT2D eigenvalue weighted by molar-refractivity contribution is 9.10. The quantitative estimate of drug-likeness (QED) is 0.211. The van der Waals surface area contributed by atoms with Gasteiger partial charge in [-0.2, -0.15) is 5.09 Å². The van der Waals surface area contributed by atoms with Gasteiger partial charge in [0.1, 0.15) is 24.0 Å². The standard InChI is InChI=1S/C21H26BrFN3O9P/c1-12(2)33-18(29)13(3)25-36(31,35-14-7-5-4-6-8-14)32-11-15-17(28)21(22,23)19(34-15)26-10-9-16(27)24-20(26)30/h4-10,12-13,15,17,19,28H,11H2,1-3H3,(H,25,31)(H,24,27,30)/t13-,15+,17?,19+,21+,36+/m0/s1. The van der Waals surface area contributed by atoms with Crippen molar-refractivity contribution in [2.45, 2.75) is 55.9 Å². The van der Waals surface area contributed by atoms with Gasteiger partial charge < -0.3 is 19.1 Å². The topological polar surface area (TPSA) is 158 Å². The number of rotatable bonds is 10. The average molecular weight is 594 g/mol. The molecule has 1 unspecified atom stereocenters. The lowest BCUT2D eigenvalue weighted by molar-refractivity contribution is -0.149. The molecule has 6 atom stereocenters. The third kappa shape index (κ3) is 6.69. The van der Waals surface area contributed by atoms with Gasteiger partial charge in [-0.05, 0) is 48.8 Å². The summed E-state index contributed by atoms with van der Waals surface area (Å²) >= 11 is 2.73. The fourth-order valence-corrected chi connectivity index (χ4v) is 5.35. The first-order valence-corrected chi connectivity index (χ1v) is 13.2. The van der Waals surface area contributed by atoms with Crippen LogP contribution in [-0.2, 0) is 23.4 Å². The SMILES string of the molecule is CC(C)OC(=O)[C@H](C)N[P@@](=O)(OC[C@H]1O[C@@H](n2ccc(=O)[nH]c2=O)[C@@](F)(Br)C1O)Oc1ccccc1. The fraction of sp³-hybridized carbons (Fsp3) is 0.476. The second-order valence-electron chi connectivity index (χ2n) is 8.20. The van der Waals surface area contributed by atoms with Crippen LogP contribution in [0.1, 0.15) is 27.0 Å². The monoisotopic (exact) mass is 593 g/mol. The summed E-state index contributed by atoms with van der Waals surface area (Å²) in [5, 5.41) is 13.0. The van der Waals surface area contributed by atoms with Crippen LogP contribution < -0.4 is 20.9 Å². The summed E-state index contributed by atoms with van der Waals surface area (Å²) in [4.78, 5) is 37.7. The highest BCUT2D eigenvalue weighted by atomic mass is 79.9. The van der Waals surface area contributed by atoms with E-state index < -0.39 is 66.7 Å². The van der Waals surface area contributed by atoms with Gasteiger partial charge in [-0.3, -0.25) is 23.7 Å². The molecule has 2 heterocycles. The Hall–Kier alpha value is -2.35. The first kappa shape index (κ1) is 28.2. The molecule has 12 nitrogen and oxygen atoms in total. The van der Waals surface area contributed by atoms with E-state index >= 15 is 4.39 Å². The maximum Gasteiger partial charge on any atom is 0.459 e. The molecule has 1 aliphatic rings. The van der Waals surface area contributed by atoms with Gasteiger partial charge in [0.05, 0.1) is 12.7 Å². The highest BCUT2D eigenvalue weighted by Crippen LogP contribution is 2.49. The van der Waals surface area contributed by atoms with E-state index in [-0.39, 0.29) is 5.75 Å². The van der Waals surface area contributed by atoms with Crippen LogP contribution in [0.3, 0.4) is 0 Å². The Balaban J connectivity index is 1.80. The Bertz CT molecular complexity index is 1220. The predicted octanol–water partition coefficient (Wildman–Crippen LogP) is 1.99. The number of halogens is 2. The van der Waals surface area contributed by atoms with Gasteiger partial charge in [0.15, 0.2) is 6.23 Å². The van der Waals surface area contributed by atoms with Gasteiger partial charge in [0, 0.05) is 12.3 Å². The fourth-order valence-electron chi connectivity index (χ4n) is 3.22. The Morgan fingerprint density at radius 1 is 1.31 bits per heavy atom. The number of esters is 1. The van der Waals surface area contributed by atoms with E-state index in [4.69, 9.17) is 18.5 Å². The minimum Gasteiger partial charge on any atom is -0.462 e. The molecule has 3 N–H and O–H groups in total. The molecule has 1 aromatic carbocycles. The van der Waals surface area contributed by atoms with Gasteiger partial charge in [-0.25, -0.2) is 13.8 Å². The van der Waals surface area contributed by atoms with Crippen LogP contribution in [-0.4, -0.2) is 56.2 Å². The van der Waals surface area contributed by atoms with Crippen molar-refractivity contribution in [2.24, 2.45) is 0 Å². The molecule has 2 aromatic rings. The molecule has 0 radical (unpaired) electrons. The lowest BCUT2D eigenvalue weighted by atomic mass is 10.1. The number of ether oxygens (including phenoxy) is 2. The molecule has 36 heavy (non-hydrogen) atoms. The zero-order chi connectivity index (χ0) is 26.7.